The molecule has 0 saturated carbocycles. The van der Waals surface area contributed by atoms with Gasteiger partial charge in [0.05, 0.1) is 11.2 Å². The monoisotopic (exact) mass is 382 g/mol. The molecule has 1 N–H and O–H groups in total. The van der Waals surface area contributed by atoms with Gasteiger partial charge < -0.3 is 10.2 Å². The van der Waals surface area contributed by atoms with Crippen molar-refractivity contribution in [1.82, 2.24) is 14.9 Å². The summed E-state index contributed by atoms with van der Waals surface area (Å²) in [5, 5.41) is 4.22. The fourth-order valence-electron chi connectivity index (χ4n) is 3.15. The third kappa shape index (κ3) is 3.36. The summed E-state index contributed by atoms with van der Waals surface area (Å²) in [7, 11) is 0. The molecule has 0 radical (unpaired) electrons. The minimum absolute atomic E-state index is 0.0610. The van der Waals surface area contributed by atoms with E-state index in [1.807, 2.05) is 18.2 Å². The molecular formula is C20H16ClFN4O. The maximum Gasteiger partial charge on any atom is 0.245 e. The van der Waals surface area contributed by atoms with Crippen molar-refractivity contribution in [3.05, 3.63) is 71.8 Å². The molecule has 7 heteroatoms. The Morgan fingerprint density at radius 2 is 2.07 bits per heavy atom. The van der Waals surface area contributed by atoms with Gasteiger partial charge in [0.15, 0.2) is 0 Å². The number of fused-ring (bicyclic) bond motifs is 1. The first-order valence-corrected chi connectivity index (χ1v) is 8.81. The molecule has 5 nitrogen and oxygen atoms in total. The summed E-state index contributed by atoms with van der Waals surface area (Å²) < 4.78 is 14.1. The molecule has 2 heterocycles. The van der Waals surface area contributed by atoms with Crippen LogP contribution in [0.2, 0.25) is 5.02 Å². The summed E-state index contributed by atoms with van der Waals surface area (Å²) in [4.78, 5) is 21.9. The van der Waals surface area contributed by atoms with E-state index in [4.69, 9.17) is 11.6 Å². The lowest BCUT2D eigenvalue weighted by atomic mass is 9.90. The van der Waals surface area contributed by atoms with Gasteiger partial charge in [0, 0.05) is 29.4 Å². The molecule has 1 saturated heterocycles. The standard InChI is InChI=1S/C20H16ClFN4O/c1-2-19(27)26-9-13(10-26)12-3-6-17-15(7-12)20(24-11-23-17)25-18-8-14(21)4-5-16(18)22/h2-8,11,13H,1,9-10H2,(H,23,24,25). The van der Waals surface area contributed by atoms with E-state index in [1.165, 1.54) is 30.6 Å². The maximum atomic E-state index is 14.1. The van der Waals surface area contributed by atoms with Gasteiger partial charge in [-0.1, -0.05) is 24.2 Å². The summed E-state index contributed by atoms with van der Waals surface area (Å²) in [6, 6.07) is 10.2. The van der Waals surface area contributed by atoms with E-state index in [-0.39, 0.29) is 17.5 Å². The van der Waals surface area contributed by atoms with E-state index < -0.39 is 5.82 Å². The van der Waals surface area contributed by atoms with Crippen molar-refractivity contribution in [3.8, 4) is 0 Å². The van der Waals surface area contributed by atoms with Gasteiger partial charge in [0.25, 0.3) is 0 Å². The van der Waals surface area contributed by atoms with Crippen molar-refractivity contribution >= 4 is 39.9 Å². The fourth-order valence-corrected chi connectivity index (χ4v) is 3.32. The first-order valence-electron chi connectivity index (χ1n) is 8.43. The molecule has 0 bridgehead atoms. The number of halogens is 2. The lowest BCUT2D eigenvalue weighted by Crippen LogP contribution is -2.47. The van der Waals surface area contributed by atoms with Crippen LogP contribution < -0.4 is 5.32 Å². The van der Waals surface area contributed by atoms with Gasteiger partial charge in [-0.25, -0.2) is 14.4 Å². The first kappa shape index (κ1) is 17.4. The van der Waals surface area contributed by atoms with E-state index in [0.717, 1.165) is 16.5 Å². The molecule has 27 heavy (non-hydrogen) atoms. The van der Waals surface area contributed by atoms with Crippen LogP contribution in [-0.4, -0.2) is 33.9 Å². The van der Waals surface area contributed by atoms with Crippen molar-refractivity contribution in [2.45, 2.75) is 5.92 Å². The SMILES string of the molecule is C=CC(=O)N1CC(c2ccc3ncnc(Nc4cc(Cl)ccc4F)c3c2)C1. The van der Waals surface area contributed by atoms with Gasteiger partial charge in [0.2, 0.25) is 5.91 Å². The number of carbonyl (C=O) groups excluding carboxylic acids is 1. The molecule has 0 atom stereocenters. The van der Waals surface area contributed by atoms with E-state index >= 15 is 0 Å². The molecule has 1 fully saturated rings. The Bertz CT molecular complexity index is 1050. The number of rotatable bonds is 4. The molecule has 1 aromatic heterocycles. The highest BCUT2D eigenvalue weighted by Crippen LogP contribution is 2.32. The summed E-state index contributed by atoms with van der Waals surface area (Å²) in [5.74, 6) is 0.268. The third-order valence-corrected chi connectivity index (χ3v) is 4.92. The average Bonchev–Trinajstić information content (AvgIpc) is 2.63. The summed E-state index contributed by atoms with van der Waals surface area (Å²) in [5.41, 5.74) is 2.08. The van der Waals surface area contributed by atoms with Gasteiger partial charge in [-0.2, -0.15) is 0 Å². The lowest BCUT2D eigenvalue weighted by molar-refractivity contribution is -0.130. The lowest BCUT2D eigenvalue weighted by Gasteiger charge is -2.39. The number of nitrogens with one attached hydrogen (secondary N) is 1. The zero-order chi connectivity index (χ0) is 19.0. The second-order valence-corrected chi connectivity index (χ2v) is 6.83. The smallest absolute Gasteiger partial charge is 0.245 e. The molecule has 1 aliphatic rings. The van der Waals surface area contributed by atoms with Crippen LogP contribution in [0.5, 0.6) is 0 Å². The number of carbonyl (C=O) groups is 1. The van der Waals surface area contributed by atoms with Crippen LogP contribution in [-0.2, 0) is 4.79 Å². The summed E-state index contributed by atoms with van der Waals surface area (Å²) in [6.07, 6.45) is 2.76. The number of anilines is 2. The van der Waals surface area contributed by atoms with E-state index in [0.29, 0.717) is 23.9 Å². The minimum atomic E-state index is -0.417. The minimum Gasteiger partial charge on any atom is -0.338 e. The Morgan fingerprint density at radius 1 is 1.26 bits per heavy atom. The van der Waals surface area contributed by atoms with Crippen LogP contribution in [0.3, 0.4) is 0 Å². The zero-order valence-electron chi connectivity index (χ0n) is 14.3. The fraction of sp³-hybridized carbons (Fsp3) is 0.150. The van der Waals surface area contributed by atoms with Crippen LogP contribution in [0, 0.1) is 5.82 Å². The van der Waals surface area contributed by atoms with Crippen molar-refractivity contribution in [2.75, 3.05) is 18.4 Å². The highest BCUT2D eigenvalue weighted by molar-refractivity contribution is 6.30. The van der Waals surface area contributed by atoms with Gasteiger partial charge in [-0.3, -0.25) is 4.79 Å². The van der Waals surface area contributed by atoms with E-state index in [1.54, 1.807) is 4.90 Å². The second-order valence-electron chi connectivity index (χ2n) is 6.39. The van der Waals surface area contributed by atoms with Crippen molar-refractivity contribution in [1.29, 1.82) is 0 Å². The molecule has 3 aromatic rings. The zero-order valence-corrected chi connectivity index (χ0v) is 15.1. The molecule has 136 valence electrons. The van der Waals surface area contributed by atoms with Gasteiger partial charge in [-0.15, -0.1) is 0 Å². The number of nitrogens with zero attached hydrogens (tertiary/aromatic N) is 3. The Labute approximate surface area is 160 Å². The number of likely N-dealkylation sites (tertiary alicyclic amines) is 1. The van der Waals surface area contributed by atoms with Gasteiger partial charge in [-0.05, 0) is 42.0 Å². The number of amides is 1. The summed E-state index contributed by atoms with van der Waals surface area (Å²) >= 11 is 5.97. The molecule has 2 aromatic carbocycles. The molecule has 0 spiro atoms. The van der Waals surface area contributed by atoms with Crippen molar-refractivity contribution < 1.29 is 9.18 Å². The topological polar surface area (TPSA) is 58.1 Å². The number of aromatic nitrogens is 2. The molecule has 0 unspecified atom stereocenters. The Kier molecular flexibility index (Phi) is 4.49. The second kappa shape index (κ2) is 6.96. The molecule has 1 amide bonds. The predicted octanol–water partition coefficient (Wildman–Crippen LogP) is 4.28. The maximum absolute atomic E-state index is 14.1. The Hall–Kier alpha value is -2.99. The van der Waals surface area contributed by atoms with Crippen LogP contribution >= 0.6 is 11.6 Å². The van der Waals surface area contributed by atoms with Crippen LogP contribution in [0.1, 0.15) is 11.5 Å². The van der Waals surface area contributed by atoms with Gasteiger partial charge >= 0.3 is 0 Å². The predicted molar refractivity (Wildman–Crippen MR) is 104 cm³/mol. The highest BCUT2D eigenvalue weighted by atomic mass is 35.5. The van der Waals surface area contributed by atoms with Crippen molar-refractivity contribution in [2.24, 2.45) is 0 Å². The van der Waals surface area contributed by atoms with Gasteiger partial charge in [0.1, 0.15) is 18.0 Å². The molecule has 0 aliphatic carbocycles. The van der Waals surface area contributed by atoms with Crippen LogP contribution in [0.25, 0.3) is 10.9 Å². The number of benzene rings is 2. The normalized spacial score (nSPS) is 14.1. The third-order valence-electron chi connectivity index (χ3n) is 4.68. The summed E-state index contributed by atoms with van der Waals surface area (Å²) in [6.45, 7) is 4.81. The van der Waals surface area contributed by atoms with E-state index in [2.05, 4.69) is 21.9 Å². The largest absolute Gasteiger partial charge is 0.338 e. The quantitative estimate of drug-likeness (QED) is 0.684. The number of hydrogen-bond acceptors (Lipinski definition) is 4. The highest BCUT2D eigenvalue weighted by Gasteiger charge is 2.30. The number of hydrogen-bond donors (Lipinski definition) is 1. The molecule has 1 aliphatic heterocycles. The Balaban J connectivity index is 1.65. The van der Waals surface area contributed by atoms with E-state index in [9.17, 15) is 9.18 Å². The average molecular weight is 383 g/mol. The molecule has 4 rings (SSSR count). The Morgan fingerprint density at radius 3 is 2.85 bits per heavy atom. The van der Waals surface area contributed by atoms with Crippen LogP contribution in [0.4, 0.5) is 15.9 Å². The van der Waals surface area contributed by atoms with Crippen LogP contribution in [0.15, 0.2) is 55.4 Å². The molecular weight excluding hydrogens is 367 g/mol. The first-order chi connectivity index (χ1) is 13.0. The van der Waals surface area contributed by atoms with Crippen molar-refractivity contribution in [3.63, 3.8) is 0 Å².